The third kappa shape index (κ3) is 2.69. The van der Waals surface area contributed by atoms with Crippen LogP contribution in [0.5, 0.6) is 5.88 Å². The van der Waals surface area contributed by atoms with Gasteiger partial charge in [-0.2, -0.15) is 4.98 Å². The number of hydrogen-bond donors (Lipinski definition) is 1. The molecule has 0 saturated carbocycles. The summed E-state index contributed by atoms with van der Waals surface area (Å²) < 4.78 is 5.66. The van der Waals surface area contributed by atoms with E-state index in [2.05, 4.69) is 48.1 Å². The molecular weight excluding hydrogens is 214 g/mol. The number of nitrogens with zero attached hydrogens (tertiary/aromatic N) is 2. The highest BCUT2D eigenvalue weighted by Gasteiger charge is 2.15. The summed E-state index contributed by atoms with van der Waals surface area (Å²) in [6, 6.07) is 4.65. The second-order valence-corrected chi connectivity index (χ2v) is 4.54. The topological polar surface area (TPSA) is 37.4 Å². The maximum absolute atomic E-state index is 5.66. The van der Waals surface area contributed by atoms with Gasteiger partial charge >= 0.3 is 0 Å². The van der Waals surface area contributed by atoms with Crippen LogP contribution in [0.25, 0.3) is 0 Å². The molecule has 0 saturated heterocycles. The maximum Gasteiger partial charge on any atom is 0.219 e. The van der Waals surface area contributed by atoms with Crippen LogP contribution in [0, 0.1) is 0 Å². The van der Waals surface area contributed by atoms with Gasteiger partial charge in [-0.1, -0.05) is 0 Å². The standard InChI is InChI=1S/C13H21N3O/c1-4-16(10(2)3)12-6-5-11-9-14-7-8-17-13(11)15-12/h5-6,10,14H,4,7-9H2,1-3H3. The lowest BCUT2D eigenvalue weighted by Crippen LogP contribution is -2.31. The van der Waals surface area contributed by atoms with Crippen LogP contribution < -0.4 is 15.0 Å². The predicted molar refractivity (Wildman–Crippen MR) is 69.6 cm³/mol. The number of ether oxygens (including phenoxy) is 1. The molecule has 0 fully saturated rings. The van der Waals surface area contributed by atoms with Crippen molar-refractivity contribution in [1.29, 1.82) is 0 Å². The van der Waals surface area contributed by atoms with Crippen LogP contribution in [0.15, 0.2) is 12.1 Å². The van der Waals surface area contributed by atoms with Crippen molar-refractivity contribution < 1.29 is 4.74 Å². The van der Waals surface area contributed by atoms with Crippen molar-refractivity contribution in [1.82, 2.24) is 10.3 Å². The van der Waals surface area contributed by atoms with Crippen LogP contribution in [0.4, 0.5) is 5.82 Å². The van der Waals surface area contributed by atoms with Crippen molar-refractivity contribution >= 4 is 5.82 Å². The van der Waals surface area contributed by atoms with Gasteiger partial charge in [-0.05, 0) is 32.9 Å². The summed E-state index contributed by atoms with van der Waals surface area (Å²) in [5, 5.41) is 3.31. The van der Waals surface area contributed by atoms with E-state index in [1.807, 2.05) is 0 Å². The Morgan fingerprint density at radius 2 is 2.29 bits per heavy atom. The van der Waals surface area contributed by atoms with Gasteiger partial charge in [0.25, 0.3) is 0 Å². The molecule has 0 aromatic carbocycles. The Morgan fingerprint density at radius 1 is 1.47 bits per heavy atom. The summed E-state index contributed by atoms with van der Waals surface area (Å²) in [6.45, 7) is 9.89. The predicted octanol–water partition coefficient (Wildman–Crippen LogP) is 1.80. The van der Waals surface area contributed by atoms with E-state index in [0.717, 1.165) is 36.9 Å². The Kier molecular flexibility index (Phi) is 3.84. The zero-order chi connectivity index (χ0) is 12.3. The minimum Gasteiger partial charge on any atom is -0.476 e. The van der Waals surface area contributed by atoms with Crippen LogP contribution >= 0.6 is 0 Å². The minimum absolute atomic E-state index is 0.453. The zero-order valence-corrected chi connectivity index (χ0v) is 10.9. The smallest absolute Gasteiger partial charge is 0.219 e. The van der Waals surface area contributed by atoms with E-state index in [4.69, 9.17) is 4.74 Å². The lowest BCUT2D eigenvalue weighted by Gasteiger charge is -2.26. The number of aromatic nitrogens is 1. The molecule has 0 spiro atoms. The van der Waals surface area contributed by atoms with Crippen molar-refractivity contribution in [3.8, 4) is 5.88 Å². The molecule has 1 aliphatic heterocycles. The Morgan fingerprint density at radius 3 is 3.00 bits per heavy atom. The number of pyridine rings is 1. The first-order chi connectivity index (χ1) is 8.22. The lowest BCUT2D eigenvalue weighted by molar-refractivity contribution is 0.314. The highest BCUT2D eigenvalue weighted by atomic mass is 16.5. The lowest BCUT2D eigenvalue weighted by atomic mass is 10.2. The molecule has 2 rings (SSSR count). The van der Waals surface area contributed by atoms with E-state index < -0.39 is 0 Å². The first-order valence-corrected chi connectivity index (χ1v) is 6.32. The van der Waals surface area contributed by atoms with Crippen LogP contribution in [0.2, 0.25) is 0 Å². The zero-order valence-electron chi connectivity index (χ0n) is 10.9. The highest BCUT2D eigenvalue weighted by molar-refractivity contribution is 5.44. The van der Waals surface area contributed by atoms with E-state index in [9.17, 15) is 0 Å². The second-order valence-electron chi connectivity index (χ2n) is 4.54. The largest absolute Gasteiger partial charge is 0.476 e. The Labute approximate surface area is 103 Å². The molecule has 1 aromatic heterocycles. The van der Waals surface area contributed by atoms with Crippen LogP contribution in [0.3, 0.4) is 0 Å². The first kappa shape index (κ1) is 12.2. The summed E-state index contributed by atoms with van der Waals surface area (Å²) >= 11 is 0. The summed E-state index contributed by atoms with van der Waals surface area (Å²) in [6.07, 6.45) is 0. The molecule has 2 heterocycles. The van der Waals surface area contributed by atoms with Crippen molar-refractivity contribution in [3.63, 3.8) is 0 Å². The minimum atomic E-state index is 0.453. The average molecular weight is 235 g/mol. The summed E-state index contributed by atoms with van der Waals surface area (Å²) in [7, 11) is 0. The third-order valence-electron chi connectivity index (χ3n) is 3.02. The van der Waals surface area contributed by atoms with Crippen molar-refractivity contribution in [2.24, 2.45) is 0 Å². The molecule has 0 unspecified atom stereocenters. The van der Waals surface area contributed by atoms with Gasteiger partial charge in [-0.3, -0.25) is 0 Å². The number of hydrogen-bond acceptors (Lipinski definition) is 4. The summed E-state index contributed by atoms with van der Waals surface area (Å²) in [5.74, 6) is 1.79. The van der Waals surface area contributed by atoms with Gasteiger partial charge in [-0.15, -0.1) is 0 Å². The highest BCUT2D eigenvalue weighted by Crippen LogP contribution is 2.23. The summed E-state index contributed by atoms with van der Waals surface area (Å²) in [4.78, 5) is 6.90. The fourth-order valence-corrected chi connectivity index (χ4v) is 2.11. The molecule has 17 heavy (non-hydrogen) atoms. The number of anilines is 1. The van der Waals surface area contributed by atoms with E-state index >= 15 is 0 Å². The Balaban J connectivity index is 2.28. The molecule has 0 aliphatic carbocycles. The van der Waals surface area contributed by atoms with Gasteiger partial charge < -0.3 is 15.0 Å². The quantitative estimate of drug-likeness (QED) is 0.867. The molecule has 1 aliphatic rings. The Hall–Kier alpha value is -1.29. The van der Waals surface area contributed by atoms with Crippen molar-refractivity contribution in [3.05, 3.63) is 17.7 Å². The number of fused-ring (bicyclic) bond motifs is 1. The van der Waals surface area contributed by atoms with Gasteiger partial charge in [0.1, 0.15) is 12.4 Å². The fourth-order valence-electron chi connectivity index (χ4n) is 2.11. The summed E-state index contributed by atoms with van der Waals surface area (Å²) in [5.41, 5.74) is 1.14. The van der Waals surface area contributed by atoms with Crippen molar-refractivity contribution in [2.45, 2.75) is 33.4 Å². The molecule has 0 radical (unpaired) electrons. The number of nitrogens with one attached hydrogen (secondary N) is 1. The van der Waals surface area contributed by atoms with E-state index in [1.54, 1.807) is 0 Å². The van der Waals surface area contributed by atoms with Crippen LogP contribution in [0.1, 0.15) is 26.3 Å². The molecular formula is C13H21N3O. The van der Waals surface area contributed by atoms with Crippen LogP contribution in [-0.2, 0) is 6.54 Å². The average Bonchev–Trinajstić information content (AvgIpc) is 2.54. The van der Waals surface area contributed by atoms with Gasteiger partial charge in [0.15, 0.2) is 0 Å². The first-order valence-electron chi connectivity index (χ1n) is 6.32. The van der Waals surface area contributed by atoms with Gasteiger partial charge in [0, 0.05) is 31.2 Å². The maximum atomic E-state index is 5.66. The third-order valence-corrected chi connectivity index (χ3v) is 3.02. The van der Waals surface area contributed by atoms with Gasteiger partial charge in [0.05, 0.1) is 0 Å². The van der Waals surface area contributed by atoms with E-state index in [0.29, 0.717) is 12.6 Å². The van der Waals surface area contributed by atoms with E-state index in [1.165, 1.54) is 0 Å². The Bertz CT molecular complexity index is 379. The van der Waals surface area contributed by atoms with E-state index in [-0.39, 0.29) is 0 Å². The van der Waals surface area contributed by atoms with Gasteiger partial charge in [-0.25, -0.2) is 0 Å². The monoisotopic (exact) mass is 235 g/mol. The van der Waals surface area contributed by atoms with Crippen molar-refractivity contribution in [2.75, 3.05) is 24.6 Å². The molecule has 4 nitrogen and oxygen atoms in total. The molecule has 0 bridgehead atoms. The number of rotatable bonds is 3. The molecule has 4 heteroatoms. The fraction of sp³-hybridized carbons (Fsp3) is 0.615. The molecule has 1 N–H and O–H groups in total. The van der Waals surface area contributed by atoms with Gasteiger partial charge in [0.2, 0.25) is 5.88 Å². The molecule has 94 valence electrons. The SMILES string of the molecule is CCN(c1ccc2c(n1)OCCNC2)C(C)C. The molecule has 0 amide bonds. The van der Waals surface area contributed by atoms with Crippen LogP contribution in [-0.4, -0.2) is 30.7 Å². The second kappa shape index (κ2) is 5.36. The molecule has 0 atom stereocenters. The normalized spacial score (nSPS) is 15.1. The molecule has 1 aromatic rings.